The Morgan fingerprint density at radius 3 is 2.82 bits per heavy atom. The molecule has 0 aromatic carbocycles. The number of anilines is 1. The number of aliphatic hydroxyl groups is 1. The van der Waals surface area contributed by atoms with E-state index in [2.05, 4.69) is 30.8 Å². The number of aliphatic hydroxyl groups excluding tert-OH is 1. The maximum atomic E-state index is 9.29. The van der Waals surface area contributed by atoms with Crippen molar-refractivity contribution in [2.45, 2.75) is 38.2 Å². The first-order chi connectivity index (χ1) is 8.06. The van der Waals surface area contributed by atoms with Crippen LogP contribution >= 0.6 is 15.9 Å². The van der Waals surface area contributed by atoms with Crippen molar-refractivity contribution < 1.29 is 5.11 Å². The Bertz CT molecular complexity index is 393. The molecule has 1 saturated carbocycles. The zero-order valence-electron chi connectivity index (χ0n) is 10.2. The van der Waals surface area contributed by atoms with Crippen molar-refractivity contribution in [1.29, 1.82) is 0 Å². The zero-order valence-corrected chi connectivity index (χ0v) is 11.8. The predicted octanol–water partition coefficient (Wildman–Crippen LogP) is 2.32. The number of aromatic nitrogens is 2. The van der Waals surface area contributed by atoms with Gasteiger partial charge >= 0.3 is 0 Å². The van der Waals surface area contributed by atoms with Crippen molar-refractivity contribution in [3.05, 3.63) is 16.5 Å². The summed E-state index contributed by atoms with van der Waals surface area (Å²) >= 11 is 3.43. The van der Waals surface area contributed by atoms with Gasteiger partial charge in [-0.1, -0.05) is 0 Å². The number of hydrogen-bond acceptors (Lipinski definition) is 4. The minimum atomic E-state index is -0.273. The molecule has 1 atom stereocenters. The molecule has 1 unspecified atom stereocenters. The third kappa shape index (κ3) is 3.64. The smallest absolute Gasteiger partial charge is 0.135 e. The molecule has 0 aliphatic heterocycles. The highest BCUT2D eigenvalue weighted by Crippen LogP contribution is 2.39. The summed E-state index contributed by atoms with van der Waals surface area (Å²) in [6.07, 6.45) is 2.88. The maximum absolute atomic E-state index is 9.29. The summed E-state index contributed by atoms with van der Waals surface area (Å²) in [6.45, 7) is 2.60. The third-order valence-corrected chi connectivity index (χ3v) is 3.32. The van der Waals surface area contributed by atoms with Crippen molar-refractivity contribution >= 4 is 21.7 Å². The first-order valence-electron chi connectivity index (χ1n) is 6.00. The van der Waals surface area contributed by atoms with E-state index < -0.39 is 0 Å². The third-order valence-electron chi connectivity index (χ3n) is 2.91. The highest BCUT2D eigenvalue weighted by Gasteiger charge is 2.27. The Hall–Kier alpha value is -0.680. The van der Waals surface area contributed by atoms with Gasteiger partial charge in [-0.25, -0.2) is 9.97 Å². The minimum absolute atomic E-state index is 0.273. The molecule has 1 aromatic rings. The van der Waals surface area contributed by atoms with Gasteiger partial charge in [-0.2, -0.15) is 0 Å². The van der Waals surface area contributed by atoms with Crippen LogP contribution in [-0.2, 0) is 0 Å². The Kier molecular flexibility index (Phi) is 3.99. The van der Waals surface area contributed by atoms with Crippen molar-refractivity contribution in [2.24, 2.45) is 0 Å². The lowest BCUT2D eigenvalue weighted by Gasteiger charge is -2.19. The van der Waals surface area contributed by atoms with Crippen LogP contribution in [0.4, 0.5) is 5.82 Å². The fourth-order valence-electron chi connectivity index (χ4n) is 1.64. The second-order valence-electron chi connectivity index (χ2n) is 4.74. The first-order valence-corrected chi connectivity index (χ1v) is 6.79. The molecule has 1 aliphatic rings. The molecule has 5 heteroatoms. The normalized spacial score (nSPS) is 16.9. The van der Waals surface area contributed by atoms with E-state index in [1.807, 2.05) is 13.1 Å². The molecule has 0 spiro atoms. The van der Waals surface area contributed by atoms with Gasteiger partial charge in [0.2, 0.25) is 0 Å². The molecule has 94 valence electrons. The van der Waals surface area contributed by atoms with Crippen LogP contribution in [0.3, 0.4) is 0 Å². The molecule has 1 fully saturated rings. The van der Waals surface area contributed by atoms with E-state index in [1.165, 1.54) is 12.8 Å². The standard InChI is InChI=1S/C12H18BrN3O/c1-8(17)5-6-16(2)11-7-10(13)14-12(15-11)9-3-4-9/h7-9,17H,3-6H2,1-2H3. The molecule has 2 rings (SSSR count). The molecule has 0 bridgehead atoms. The highest BCUT2D eigenvalue weighted by atomic mass is 79.9. The van der Waals surface area contributed by atoms with E-state index in [0.717, 1.165) is 29.2 Å². The second-order valence-corrected chi connectivity index (χ2v) is 5.55. The number of nitrogens with zero attached hydrogens (tertiary/aromatic N) is 3. The van der Waals surface area contributed by atoms with Gasteiger partial charge in [0.1, 0.15) is 16.2 Å². The fourth-order valence-corrected chi connectivity index (χ4v) is 2.02. The Balaban J connectivity index is 2.08. The molecule has 1 aromatic heterocycles. The first kappa shape index (κ1) is 12.8. The molecule has 17 heavy (non-hydrogen) atoms. The molecule has 1 heterocycles. The van der Waals surface area contributed by atoms with Gasteiger partial charge in [-0.3, -0.25) is 0 Å². The van der Waals surface area contributed by atoms with Crippen LogP contribution in [0.1, 0.15) is 37.9 Å². The molecular formula is C12H18BrN3O. The summed E-state index contributed by atoms with van der Waals surface area (Å²) in [4.78, 5) is 11.0. The zero-order chi connectivity index (χ0) is 12.4. The summed E-state index contributed by atoms with van der Waals surface area (Å²) in [5.41, 5.74) is 0. The molecule has 4 nitrogen and oxygen atoms in total. The van der Waals surface area contributed by atoms with Crippen LogP contribution in [0.25, 0.3) is 0 Å². The van der Waals surface area contributed by atoms with Crippen LogP contribution < -0.4 is 4.90 Å². The molecule has 0 radical (unpaired) electrons. The van der Waals surface area contributed by atoms with E-state index in [9.17, 15) is 5.11 Å². The average molecular weight is 300 g/mol. The minimum Gasteiger partial charge on any atom is -0.393 e. The summed E-state index contributed by atoms with van der Waals surface area (Å²) in [7, 11) is 1.99. The second kappa shape index (κ2) is 5.31. The summed E-state index contributed by atoms with van der Waals surface area (Å²) in [5, 5.41) is 9.29. The van der Waals surface area contributed by atoms with Crippen LogP contribution in [0, 0.1) is 0 Å². The van der Waals surface area contributed by atoms with Crippen molar-refractivity contribution in [1.82, 2.24) is 9.97 Å². The number of halogens is 1. The van der Waals surface area contributed by atoms with E-state index in [1.54, 1.807) is 6.92 Å². The maximum Gasteiger partial charge on any atom is 0.135 e. The van der Waals surface area contributed by atoms with E-state index >= 15 is 0 Å². The van der Waals surface area contributed by atoms with Crippen LogP contribution in [-0.4, -0.2) is 34.8 Å². The lowest BCUT2D eigenvalue weighted by molar-refractivity contribution is 0.187. The Labute approximate surface area is 110 Å². The largest absolute Gasteiger partial charge is 0.393 e. The Morgan fingerprint density at radius 2 is 2.24 bits per heavy atom. The van der Waals surface area contributed by atoms with Crippen LogP contribution in [0.15, 0.2) is 10.7 Å². The molecule has 1 N–H and O–H groups in total. The SMILES string of the molecule is CC(O)CCN(C)c1cc(Br)nc(C2CC2)n1. The van der Waals surface area contributed by atoms with E-state index in [0.29, 0.717) is 5.92 Å². The van der Waals surface area contributed by atoms with Crippen molar-refractivity contribution in [3.8, 4) is 0 Å². The van der Waals surface area contributed by atoms with Gasteiger partial charge in [0.25, 0.3) is 0 Å². The van der Waals surface area contributed by atoms with Crippen LogP contribution in [0.2, 0.25) is 0 Å². The molecule has 0 amide bonds. The van der Waals surface area contributed by atoms with Crippen molar-refractivity contribution in [2.75, 3.05) is 18.5 Å². The summed E-state index contributed by atoms with van der Waals surface area (Å²) < 4.78 is 0.841. The monoisotopic (exact) mass is 299 g/mol. The topological polar surface area (TPSA) is 49.2 Å². The molecular weight excluding hydrogens is 282 g/mol. The Morgan fingerprint density at radius 1 is 1.53 bits per heavy atom. The lowest BCUT2D eigenvalue weighted by Crippen LogP contribution is -2.23. The average Bonchev–Trinajstić information content (AvgIpc) is 3.08. The van der Waals surface area contributed by atoms with Gasteiger partial charge in [0.15, 0.2) is 0 Å². The van der Waals surface area contributed by atoms with Gasteiger partial charge in [0.05, 0.1) is 6.10 Å². The van der Waals surface area contributed by atoms with Crippen LogP contribution in [0.5, 0.6) is 0 Å². The fraction of sp³-hybridized carbons (Fsp3) is 0.667. The summed E-state index contributed by atoms with van der Waals surface area (Å²) in [6, 6.07) is 1.92. The van der Waals surface area contributed by atoms with Gasteiger partial charge in [0, 0.05) is 25.6 Å². The summed E-state index contributed by atoms with van der Waals surface area (Å²) in [5.74, 6) is 2.42. The highest BCUT2D eigenvalue weighted by molar-refractivity contribution is 9.10. The number of hydrogen-bond donors (Lipinski definition) is 1. The predicted molar refractivity (Wildman–Crippen MR) is 71.3 cm³/mol. The van der Waals surface area contributed by atoms with E-state index in [-0.39, 0.29) is 6.10 Å². The van der Waals surface area contributed by atoms with Gasteiger partial charge in [-0.15, -0.1) is 0 Å². The lowest BCUT2D eigenvalue weighted by atomic mass is 10.3. The van der Waals surface area contributed by atoms with Gasteiger partial charge in [-0.05, 0) is 42.1 Å². The molecule has 0 saturated heterocycles. The quantitative estimate of drug-likeness (QED) is 0.848. The van der Waals surface area contributed by atoms with E-state index in [4.69, 9.17) is 0 Å². The van der Waals surface area contributed by atoms with Crippen molar-refractivity contribution in [3.63, 3.8) is 0 Å². The van der Waals surface area contributed by atoms with Gasteiger partial charge < -0.3 is 10.0 Å². The number of rotatable bonds is 5. The molecule has 1 aliphatic carbocycles.